The molecule has 4 nitrogen and oxygen atoms in total. The van der Waals surface area contributed by atoms with Crippen molar-refractivity contribution < 1.29 is 9.66 Å². The molecular weight excluding hydrogens is 285 g/mol. The van der Waals surface area contributed by atoms with Gasteiger partial charge < -0.3 is 4.74 Å². The second-order valence-electron chi connectivity index (χ2n) is 2.68. The first-order valence-corrected chi connectivity index (χ1v) is 5.08. The van der Waals surface area contributed by atoms with Crippen molar-refractivity contribution in [1.29, 1.82) is 0 Å². The summed E-state index contributed by atoms with van der Waals surface area (Å²) in [6.45, 7) is 3.85. The number of benzene rings is 1. The van der Waals surface area contributed by atoms with E-state index >= 15 is 0 Å². The maximum atomic E-state index is 10.4. The number of nitro groups is 1. The van der Waals surface area contributed by atoms with Gasteiger partial charge in [-0.3, -0.25) is 10.1 Å². The summed E-state index contributed by atoms with van der Waals surface area (Å²) < 4.78 is 5.90. The average Bonchev–Trinajstić information content (AvgIpc) is 2.15. The Morgan fingerprint density at radius 3 is 2.80 bits per heavy atom. The minimum absolute atomic E-state index is 0.0648. The highest BCUT2D eigenvalue weighted by atomic mass is 79.9. The van der Waals surface area contributed by atoms with Crippen molar-refractivity contribution in [2.75, 3.05) is 6.61 Å². The highest BCUT2D eigenvalue weighted by Crippen LogP contribution is 2.28. The molecule has 0 spiro atoms. The molecule has 0 aliphatic heterocycles. The molecule has 0 amide bonds. The van der Waals surface area contributed by atoms with E-state index in [0.29, 0.717) is 10.2 Å². The van der Waals surface area contributed by atoms with Gasteiger partial charge in [-0.15, -0.1) is 0 Å². The van der Waals surface area contributed by atoms with Gasteiger partial charge in [0.15, 0.2) is 0 Å². The van der Waals surface area contributed by atoms with Gasteiger partial charge >= 0.3 is 0 Å². The average molecular weight is 293 g/mol. The Balaban J connectivity index is 2.83. The van der Waals surface area contributed by atoms with Crippen molar-refractivity contribution in [2.45, 2.75) is 0 Å². The fraction of sp³-hybridized carbons (Fsp3) is 0.111. The van der Waals surface area contributed by atoms with Crippen LogP contribution in [0.25, 0.3) is 0 Å². The first-order valence-electron chi connectivity index (χ1n) is 3.90. The summed E-state index contributed by atoms with van der Waals surface area (Å²) in [6.07, 6.45) is 0. The van der Waals surface area contributed by atoms with Gasteiger partial charge in [0.2, 0.25) is 0 Å². The summed E-state index contributed by atoms with van der Waals surface area (Å²) in [5.74, 6) is 0.392. The van der Waals surface area contributed by atoms with Crippen LogP contribution >= 0.6 is 27.5 Å². The van der Waals surface area contributed by atoms with Gasteiger partial charge in [0.1, 0.15) is 12.4 Å². The van der Waals surface area contributed by atoms with E-state index in [1.165, 1.54) is 18.2 Å². The van der Waals surface area contributed by atoms with E-state index in [2.05, 4.69) is 22.5 Å². The van der Waals surface area contributed by atoms with Gasteiger partial charge in [0.05, 0.1) is 9.95 Å². The molecular formula is C9H7BrClNO3. The number of nitrogens with zero attached hydrogens (tertiary/aromatic N) is 1. The SMILES string of the molecule is C=C(Br)COc1ccc([N+](=O)[O-])cc1Cl. The molecule has 0 aliphatic rings. The molecule has 0 unspecified atom stereocenters. The highest BCUT2D eigenvalue weighted by Gasteiger charge is 2.09. The monoisotopic (exact) mass is 291 g/mol. The molecule has 80 valence electrons. The molecule has 6 heteroatoms. The summed E-state index contributed by atoms with van der Waals surface area (Å²) in [4.78, 5) is 9.90. The molecule has 1 aromatic carbocycles. The van der Waals surface area contributed by atoms with E-state index in [4.69, 9.17) is 16.3 Å². The number of hydrogen-bond acceptors (Lipinski definition) is 3. The first kappa shape index (κ1) is 12.0. The van der Waals surface area contributed by atoms with Crippen LogP contribution in [-0.2, 0) is 0 Å². The number of rotatable bonds is 4. The minimum Gasteiger partial charge on any atom is -0.487 e. The van der Waals surface area contributed by atoms with E-state index in [-0.39, 0.29) is 17.3 Å². The highest BCUT2D eigenvalue weighted by molar-refractivity contribution is 9.11. The largest absolute Gasteiger partial charge is 0.487 e. The van der Waals surface area contributed by atoms with E-state index in [0.717, 1.165) is 0 Å². The molecule has 1 rings (SSSR count). The predicted octanol–water partition coefficient (Wildman–Crippen LogP) is 3.54. The van der Waals surface area contributed by atoms with E-state index in [1.54, 1.807) is 0 Å². The molecule has 0 fully saturated rings. The van der Waals surface area contributed by atoms with E-state index in [1.807, 2.05) is 0 Å². The predicted molar refractivity (Wildman–Crippen MR) is 61.7 cm³/mol. The summed E-state index contributed by atoms with van der Waals surface area (Å²) in [5, 5.41) is 10.6. The molecule has 0 N–H and O–H groups in total. The lowest BCUT2D eigenvalue weighted by Crippen LogP contribution is -1.97. The molecule has 15 heavy (non-hydrogen) atoms. The number of nitro benzene ring substituents is 1. The topological polar surface area (TPSA) is 52.4 Å². The summed E-state index contributed by atoms with van der Waals surface area (Å²) >= 11 is 8.91. The van der Waals surface area contributed by atoms with Gasteiger partial charge in [-0.05, 0) is 6.07 Å². The Labute approximate surface area is 99.8 Å². The number of non-ortho nitro benzene ring substituents is 1. The molecule has 0 saturated heterocycles. The van der Waals surface area contributed by atoms with E-state index < -0.39 is 4.92 Å². The maximum absolute atomic E-state index is 10.4. The quantitative estimate of drug-likeness (QED) is 0.630. The molecule has 1 aromatic rings. The third-order valence-corrected chi connectivity index (χ3v) is 2.03. The van der Waals surface area contributed by atoms with Gasteiger partial charge in [0.25, 0.3) is 5.69 Å². The lowest BCUT2D eigenvalue weighted by molar-refractivity contribution is -0.384. The Bertz CT molecular complexity index is 408. The van der Waals surface area contributed by atoms with Crippen LogP contribution in [0.4, 0.5) is 5.69 Å². The summed E-state index contributed by atoms with van der Waals surface area (Å²) in [7, 11) is 0. The van der Waals surface area contributed by atoms with Crippen LogP contribution in [0.2, 0.25) is 5.02 Å². The van der Waals surface area contributed by atoms with Crippen molar-refractivity contribution in [2.24, 2.45) is 0 Å². The Hall–Kier alpha value is -1.07. The molecule has 0 atom stereocenters. The fourth-order valence-corrected chi connectivity index (χ4v) is 1.22. The van der Waals surface area contributed by atoms with Crippen molar-refractivity contribution in [3.63, 3.8) is 0 Å². The van der Waals surface area contributed by atoms with Gasteiger partial charge in [0, 0.05) is 16.6 Å². The molecule has 0 bridgehead atoms. The van der Waals surface area contributed by atoms with Crippen LogP contribution in [-0.4, -0.2) is 11.5 Å². The lowest BCUT2D eigenvalue weighted by Gasteiger charge is -2.06. The number of ether oxygens (including phenoxy) is 1. The van der Waals surface area contributed by atoms with Gasteiger partial charge in [-0.25, -0.2) is 0 Å². The molecule has 0 aliphatic carbocycles. The Kier molecular flexibility index (Phi) is 4.11. The van der Waals surface area contributed by atoms with Crippen LogP contribution in [0.5, 0.6) is 5.75 Å². The van der Waals surface area contributed by atoms with Crippen LogP contribution in [0, 0.1) is 10.1 Å². The van der Waals surface area contributed by atoms with Gasteiger partial charge in [-0.1, -0.05) is 34.1 Å². The maximum Gasteiger partial charge on any atom is 0.271 e. The number of halogens is 2. The van der Waals surface area contributed by atoms with Crippen molar-refractivity contribution >= 4 is 33.2 Å². The van der Waals surface area contributed by atoms with Crippen molar-refractivity contribution in [3.8, 4) is 5.75 Å². The lowest BCUT2D eigenvalue weighted by atomic mass is 10.3. The second-order valence-corrected chi connectivity index (χ2v) is 4.21. The Morgan fingerprint density at radius 1 is 1.67 bits per heavy atom. The smallest absolute Gasteiger partial charge is 0.271 e. The van der Waals surface area contributed by atoms with Crippen LogP contribution in [0.15, 0.2) is 29.3 Å². The summed E-state index contributed by atoms with van der Waals surface area (Å²) in [5.41, 5.74) is -0.0648. The zero-order valence-corrected chi connectivity index (χ0v) is 9.92. The minimum atomic E-state index is -0.515. The van der Waals surface area contributed by atoms with E-state index in [9.17, 15) is 10.1 Å². The molecule has 0 aromatic heterocycles. The molecule has 0 heterocycles. The fourth-order valence-electron chi connectivity index (χ4n) is 0.876. The summed E-state index contributed by atoms with van der Waals surface area (Å²) in [6, 6.07) is 4.03. The number of hydrogen-bond donors (Lipinski definition) is 0. The van der Waals surface area contributed by atoms with Gasteiger partial charge in [-0.2, -0.15) is 0 Å². The van der Waals surface area contributed by atoms with Crippen molar-refractivity contribution in [1.82, 2.24) is 0 Å². The zero-order valence-electron chi connectivity index (χ0n) is 7.57. The third-order valence-electron chi connectivity index (χ3n) is 1.51. The standard InChI is InChI=1S/C9H7BrClNO3/c1-6(10)5-15-9-3-2-7(12(13)14)4-8(9)11/h2-4H,1,5H2. The van der Waals surface area contributed by atoms with Crippen LogP contribution in [0.1, 0.15) is 0 Å². The second kappa shape index (κ2) is 5.14. The van der Waals surface area contributed by atoms with Crippen LogP contribution < -0.4 is 4.74 Å². The van der Waals surface area contributed by atoms with Crippen molar-refractivity contribution in [3.05, 3.63) is 44.4 Å². The van der Waals surface area contributed by atoms with Crippen LogP contribution in [0.3, 0.4) is 0 Å². The molecule has 0 radical (unpaired) electrons. The first-order chi connectivity index (χ1) is 7.00. The Morgan fingerprint density at radius 2 is 2.33 bits per heavy atom. The normalized spacial score (nSPS) is 9.73. The third kappa shape index (κ3) is 3.53. The zero-order chi connectivity index (χ0) is 11.4. The molecule has 0 saturated carbocycles.